The molecule has 0 heterocycles. The molecular formula is C12H25NO. The Hall–Kier alpha value is -0.400. The molecule has 0 aromatic rings. The van der Waals surface area contributed by atoms with Gasteiger partial charge in [-0.25, -0.2) is 0 Å². The smallest absolute Gasteiger partial charge is 0.0816 e. The normalized spacial score (nSPS) is 14.0. The lowest BCUT2D eigenvalue weighted by atomic mass is 9.75. The van der Waals surface area contributed by atoms with Crippen molar-refractivity contribution in [2.75, 3.05) is 6.54 Å². The summed E-state index contributed by atoms with van der Waals surface area (Å²) in [5.74, 6) is 0.691. The molecule has 0 aliphatic heterocycles. The zero-order valence-electron chi connectivity index (χ0n) is 10.2. The fraction of sp³-hybridized carbons (Fsp3) is 1.00. The maximum Gasteiger partial charge on any atom is 0.0816 e. The van der Waals surface area contributed by atoms with Crippen molar-refractivity contribution in [2.24, 2.45) is 16.5 Å². The lowest BCUT2D eigenvalue weighted by Crippen LogP contribution is -2.22. The molecule has 0 rings (SSSR count). The summed E-state index contributed by atoms with van der Waals surface area (Å²) in [6.07, 6.45) is 6.12. The van der Waals surface area contributed by atoms with E-state index in [4.69, 9.17) is 0 Å². The van der Waals surface area contributed by atoms with E-state index in [0.717, 1.165) is 6.42 Å². The Balaban J connectivity index is 3.80. The van der Waals surface area contributed by atoms with Crippen molar-refractivity contribution in [1.82, 2.24) is 0 Å². The van der Waals surface area contributed by atoms with E-state index in [2.05, 4.69) is 32.9 Å². The second kappa shape index (κ2) is 6.97. The van der Waals surface area contributed by atoms with Crippen LogP contribution in [0.25, 0.3) is 0 Å². The van der Waals surface area contributed by atoms with E-state index in [-0.39, 0.29) is 5.41 Å². The third kappa shape index (κ3) is 5.36. The number of rotatable bonds is 8. The van der Waals surface area contributed by atoms with E-state index < -0.39 is 0 Å². The van der Waals surface area contributed by atoms with E-state index in [9.17, 15) is 4.91 Å². The van der Waals surface area contributed by atoms with Gasteiger partial charge < -0.3 is 0 Å². The van der Waals surface area contributed by atoms with E-state index in [1.54, 1.807) is 0 Å². The van der Waals surface area contributed by atoms with Crippen LogP contribution < -0.4 is 0 Å². The van der Waals surface area contributed by atoms with Crippen LogP contribution in [0.2, 0.25) is 0 Å². The van der Waals surface area contributed by atoms with Crippen LogP contribution in [0.5, 0.6) is 0 Å². The van der Waals surface area contributed by atoms with E-state index >= 15 is 0 Å². The summed E-state index contributed by atoms with van der Waals surface area (Å²) in [6.45, 7) is 9.47. The van der Waals surface area contributed by atoms with Crippen LogP contribution in [0, 0.1) is 16.2 Å². The Kier molecular flexibility index (Phi) is 6.77. The predicted molar refractivity (Wildman–Crippen MR) is 62.4 cm³/mol. The molecule has 0 radical (unpaired) electrons. The van der Waals surface area contributed by atoms with Gasteiger partial charge in [0.05, 0.1) is 6.54 Å². The second-order valence-corrected chi connectivity index (χ2v) is 4.99. The first kappa shape index (κ1) is 13.6. The fourth-order valence-corrected chi connectivity index (χ4v) is 1.67. The molecule has 0 fully saturated rings. The minimum atomic E-state index is 0.266. The molecule has 2 heteroatoms. The van der Waals surface area contributed by atoms with Crippen molar-refractivity contribution >= 4 is 0 Å². The van der Waals surface area contributed by atoms with Gasteiger partial charge >= 0.3 is 0 Å². The minimum Gasteiger partial charge on any atom is -0.151 e. The highest BCUT2D eigenvalue weighted by atomic mass is 16.3. The molecule has 0 aliphatic rings. The molecular weight excluding hydrogens is 174 g/mol. The summed E-state index contributed by atoms with van der Waals surface area (Å²) >= 11 is 0. The van der Waals surface area contributed by atoms with Gasteiger partial charge in [-0.1, -0.05) is 58.6 Å². The molecule has 84 valence electrons. The summed E-state index contributed by atoms with van der Waals surface area (Å²) < 4.78 is 0. The highest BCUT2D eigenvalue weighted by molar-refractivity contribution is 4.76. The number of hydrogen-bond acceptors (Lipinski definition) is 2. The molecule has 0 aromatic carbocycles. The van der Waals surface area contributed by atoms with Crippen LogP contribution in [0.4, 0.5) is 0 Å². The van der Waals surface area contributed by atoms with Gasteiger partial charge in [0.1, 0.15) is 0 Å². The Morgan fingerprint density at radius 2 is 1.93 bits per heavy atom. The molecule has 1 atom stereocenters. The molecule has 2 nitrogen and oxygen atoms in total. The monoisotopic (exact) mass is 199 g/mol. The van der Waals surface area contributed by atoms with E-state index in [1.165, 1.54) is 25.7 Å². The summed E-state index contributed by atoms with van der Waals surface area (Å²) in [7, 11) is 0. The quantitative estimate of drug-likeness (QED) is 0.421. The first-order valence-corrected chi connectivity index (χ1v) is 5.83. The lowest BCUT2D eigenvalue weighted by Gasteiger charge is -2.31. The zero-order chi connectivity index (χ0) is 11.0. The summed E-state index contributed by atoms with van der Waals surface area (Å²) in [5.41, 5.74) is 0.266. The number of nitroso groups, excluding NO2 is 1. The van der Waals surface area contributed by atoms with Gasteiger partial charge in [0.2, 0.25) is 0 Å². The van der Waals surface area contributed by atoms with Crippen molar-refractivity contribution in [3.63, 3.8) is 0 Å². The molecule has 0 aromatic heterocycles. The highest BCUT2D eigenvalue weighted by Crippen LogP contribution is 2.33. The predicted octanol–water partition coefficient (Wildman–Crippen LogP) is 4.39. The van der Waals surface area contributed by atoms with Crippen LogP contribution in [-0.4, -0.2) is 6.54 Å². The third-order valence-corrected chi connectivity index (χ3v) is 3.42. The average Bonchev–Trinajstić information content (AvgIpc) is 2.15. The Bertz CT molecular complexity index is 154. The van der Waals surface area contributed by atoms with E-state index in [0.29, 0.717) is 12.5 Å². The minimum absolute atomic E-state index is 0.266. The summed E-state index contributed by atoms with van der Waals surface area (Å²) in [6, 6.07) is 0. The Morgan fingerprint density at radius 3 is 2.43 bits per heavy atom. The lowest BCUT2D eigenvalue weighted by molar-refractivity contribution is 0.200. The van der Waals surface area contributed by atoms with Crippen LogP contribution in [-0.2, 0) is 0 Å². The van der Waals surface area contributed by atoms with Gasteiger partial charge in [0.15, 0.2) is 0 Å². The van der Waals surface area contributed by atoms with Crippen LogP contribution in [0.15, 0.2) is 5.18 Å². The maximum atomic E-state index is 10.1. The van der Waals surface area contributed by atoms with Gasteiger partial charge in [0.25, 0.3) is 0 Å². The van der Waals surface area contributed by atoms with Gasteiger partial charge in [0, 0.05) is 0 Å². The molecule has 0 saturated carbocycles. The topological polar surface area (TPSA) is 29.4 Å². The highest BCUT2D eigenvalue weighted by Gasteiger charge is 2.24. The van der Waals surface area contributed by atoms with Crippen molar-refractivity contribution in [2.45, 2.75) is 59.8 Å². The molecule has 0 saturated heterocycles. The standard InChI is InChI=1S/C12H25NO/c1-5-6-7-8-11(2)12(3,4)9-10-13-14/h11H,5-10H2,1-4H3. The van der Waals surface area contributed by atoms with Gasteiger partial charge in [-0.2, -0.15) is 4.91 Å². The number of nitrogens with zero attached hydrogens (tertiary/aromatic N) is 1. The van der Waals surface area contributed by atoms with Crippen LogP contribution in [0.1, 0.15) is 59.8 Å². The van der Waals surface area contributed by atoms with Crippen molar-refractivity contribution in [3.05, 3.63) is 4.91 Å². The molecule has 1 unspecified atom stereocenters. The first-order chi connectivity index (χ1) is 6.54. The molecule has 0 spiro atoms. The fourth-order valence-electron chi connectivity index (χ4n) is 1.67. The SMILES string of the molecule is CCCCCC(C)C(C)(C)CCN=O. The van der Waals surface area contributed by atoms with Crippen molar-refractivity contribution < 1.29 is 0 Å². The molecule has 14 heavy (non-hydrogen) atoms. The van der Waals surface area contributed by atoms with Crippen molar-refractivity contribution in [3.8, 4) is 0 Å². The Morgan fingerprint density at radius 1 is 1.29 bits per heavy atom. The van der Waals surface area contributed by atoms with Crippen LogP contribution >= 0.6 is 0 Å². The summed E-state index contributed by atoms with van der Waals surface area (Å²) in [4.78, 5) is 10.1. The number of hydrogen-bond donors (Lipinski definition) is 0. The second-order valence-electron chi connectivity index (χ2n) is 4.99. The van der Waals surface area contributed by atoms with Crippen LogP contribution in [0.3, 0.4) is 0 Å². The van der Waals surface area contributed by atoms with Crippen molar-refractivity contribution in [1.29, 1.82) is 0 Å². The van der Waals surface area contributed by atoms with E-state index in [1.807, 2.05) is 0 Å². The zero-order valence-corrected chi connectivity index (χ0v) is 10.2. The van der Waals surface area contributed by atoms with Gasteiger partial charge in [-0.3, -0.25) is 0 Å². The third-order valence-electron chi connectivity index (χ3n) is 3.42. The Labute approximate surface area is 88.4 Å². The first-order valence-electron chi connectivity index (χ1n) is 5.83. The molecule has 0 amide bonds. The van der Waals surface area contributed by atoms with Gasteiger partial charge in [-0.05, 0) is 17.8 Å². The average molecular weight is 199 g/mol. The largest absolute Gasteiger partial charge is 0.151 e. The summed E-state index contributed by atoms with van der Waals surface area (Å²) in [5, 5.41) is 2.95. The maximum absolute atomic E-state index is 10.1. The molecule has 0 N–H and O–H groups in total. The molecule has 0 bridgehead atoms. The number of unbranched alkanes of at least 4 members (excludes halogenated alkanes) is 2. The van der Waals surface area contributed by atoms with Gasteiger partial charge in [-0.15, -0.1) is 0 Å². The molecule has 0 aliphatic carbocycles.